The molecule has 1 heterocycles. The predicted octanol–water partition coefficient (Wildman–Crippen LogP) is 1.22. The monoisotopic (exact) mass is 398 g/mol. The predicted molar refractivity (Wildman–Crippen MR) is 98.8 cm³/mol. The molecule has 0 saturated carbocycles. The number of nitrogens with one attached hydrogen (secondary N) is 2. The van der Waals surface area contributed by atoms with Gasteiger partial charge in [-0.1, -0.05) is 6.07 Å². The maximum absolute atomic E-state index is 12.4. The zero-order valence-electron chi connectivity index (χ0n) is 15.8. The molecule has 0 aliphatic carbocycles. The summed E-state index contributed by atoms with van der Waals surface area (Å²) in [5.41, 5.74) is -0.384. The van der Waals surface area contributed by atoms with Gasteiger partial charge in [-0.05, 0) is 51.8 Å². The average Bonchev–Trinajstić information content (AvgIpc) is 3.10. The SMILES string of the molecule is CC(C)(C)NC(=O)COC(=O)c1cccc(S(=O)(=O)NC[C@H]2CCCO2)c1. The molecule has 0 unspecified atom stereocenters. The number of hydrogen-bond acceptors (Lipinski definition) is 6. The van der Waals surface area contributed by atoms with E-state index in [0.717, 1.165) is 12.8 Å². The van der Waals surface area contributed by atoms with Crippen LogP contribution in [0.5, 0.6) is 0 Å². The smallest absolute Gasteiger partial charge is 0.338 e. The van der Waals surface area contributed by atoms with Crippen LogP contribution in [0.25, 0.3) is 0 Å². The largest absolute Gasteiger partial charge is 0.452 e. The standard InChI is InChI=1S/C18H26N2O6S/c1-18(2,3)20-16(21)12-26-17(22)13-6-4-8-15(10-13)27(23,24)19-11-14-7-5-9-25-14/h4,6,8,10,14,19H,5,7,9,11-12H2,1-3H3,(H,20,21)/t14-/m1/s1. The second-order valence-electron chi connectivity index (χ2n) is 7.39. The Hall–Kier alpha value is -1.97. The highest BCUT2D eigenvalue weighted by atomic mass is 32.2. The molecule has 150 valence electrons. The first-order valence-corrected chi connectivity index (χ1v) is 10.2. The third-order valence-corrected chi connectivity index (χ3v) is 5.18. The molecule has 0 aromatic heterocycles. The highest BCUT2D eigenvalue weighted by Crippen LogP contribution is 2.15. The number of hydrogen-bond donors (Lipinski definition) is 2. The first-order chi connectivity index (χ1) is 12.6. The lowest BCUT2D eigenvalue weighted by Gasteiger charge is -2.20. The molecule has 0 radical (unpaired) electrons. The van der Waals surface area contributed by atoms with E-state index >= 15 is 0 Å². The van der Waals surface area contributed by atoms with Gasteiger partial charge in [0.1, 0.15) is 0 Å². The van der Waals surface area contributed by atoms with Gasteiger partial charge in [0.25, 0.3) is 5.91 Å². The Kier molecular flexibility index (Phi) is 6.96. The summed E-state index contributed by atoms with van der Waals surface area (Å²) in [5.74, 6) is -1.20. The van der Waals surface area contributed by atoms with Crippen molar-refractivity contribution in [3.8, 4) is 0 Å². The van der Waals surface area contributed by atoms with E-state index in [0.29, 0.717) is 6.61 Å². The summed E-state index contributed by atoms with van der Waals surface area (Å²) < 4.78 is 37.7. The van der Waals surface area contributed by atoms with E-state index in [-0.39, 0.29) is 23.1 Å². The van der Waals surface area contributed by atoms with Crippen LogP contribution < -0.4 is 10.0 Å². The van der Waals surface area contributed by atoms with Crippen molar-refractivity contribution in [3.63, 3.8) is 0 Å². The molecular weight excluding hydrogens is 372 g/mol. The van der Waals surface area contributed by atoms with E-state index < -0.39 is 34.0 Å². The van der Waals surface area contributed by atoms with E-state index in [1.54, 1.807) is 0 Å². The van der Waals surface area contributed by atoms with E-state index in [4.69, 9.17) is 9.47 Å². The molecule has 1 aromatic carbocycles. The van der Waals surface area contributed by atoms with Crippen molar-refractivity contribution < 1.29 is 27.5 Å². The summed E-state index contributed by atoms with van der Waals surface area (Å²) in [7, 11) is -3.78. The minimum atomic E-state index is -3.78. The fraction of sp³-hybridized carbons (Fsp3) is 0.556. The first kappa shape index (κ1) is 21.3. The molecule has 0 spiro atoms. The Morgan fingerprint density at radius 1 is 1.30 bits per heavy atom. The van der Waals surface area contributed by atoms with Gasteiger partial charge in [0.2, 0.25) is 10.0 Å². The lowest BCUT2D eigenvalue weighted by Crippen LogP contribution is -2.42. The molecular formula is C18H26N2O6S. The molecule has 1 atom stereocenters. The number of amides is 1. The average molecular weight is 398 g/mol. The van der Waals surface area contributed by atoms with Crippen molar-refractivity contribution in [1.82, 2.24) is 10.0 Å². The second-order valence-corrected chi connectivity index (χ2v) is 9.16. The number of esters is 1. The molecule has 0 bridgehead atoms. The minimum absolute atomic E-state index is 0.0471. The number of benzene rings is 1. The molecule has 1 amide bonds. The highest BCUT2D eigenvalue weighted by Gasteiger charge is 2.22. The molecule has 1 saturated heterocycles. The summed E-state index contributed by atoms with van der Waals surface area (Å²) in [6.45, 7) is 5.81. The molecule has 2 rings (SSSR count). The van der Waals surface area contributed by atoms with Gasteiger partial charge < -0.3 is 14.8 Å². The molecule has 1 aliphatic heterocycles. The van der Waals surface area contributed by atoms with Crippen LogP contribution in [0, 0.1) is 0 Å². The zero-order valence-corrected chi connectivity index (χ0v) is 16.6. The van der Waals surface area contributed by atoms with Gasteiger partial charge in [0.15, 0.2) is 6.61 Å². The van der Waals surface area contributed by atoms with Gasteiger partial charge in [0, 0.05) is 18.7 Å². The minimum Gasteiger partial charge on any atom is -0.452 e. The molecule has 1 aliphatic rings. The summed E-state index contributed by atoms with van der Waals surface area (Å²) in [5, 5.41) is 2.67. The van der Waals surface area contributed by atoms with Crippen LogP contribution in [0.2, 0.25) is 0 Å². The van der Waals surface area contributed by atoms with Crippen molar-refractivity contribution in [2.75, 3.05) is 19.8 Å². The zero-order chi connectivity index (χ0) is 20.1. The fourth-order valence-corrected chi connectivity index (χ4v) is 3.66. The van der Waals surface area contributed by atoms with E-state index in [1.807, 2.05) is 20.8 Å². The third-order valence-electron chi connectivity index (χ3n) is 3.75. The van der Waals surface area contributed by atoms with Crippen molar-refractivity contribution in [2.45, 2.75) is 50.2 Å². The Morgan fingerprint density at radius 3 is 2.67 bits per heavy atom. The van der Waals surface area contributed by atoms with E-state index in [1.165, 1.54) is 24.3 Å². The molecule has 27 heavy (non-hydrogen) atoms. The molecule has 9 heteroatoms. The van der Waals surface area contributed by atoms with Crippen LogP contribution in [0.1, 0.15) is 44.0 Å². The van der Waals surface area contributed by atoms with Crippen LogP contribution in [0.15, 0.2) is 29.2 Å². The first-order valence-electron chi connectivity index (χ1n) is 8.76. The fourth-order valence-electron chi connectivity index (χ4n) is 2.55. The van der Waals surface area contributed by atoms with Gasteiger partial charge in [-0.2, -0.15) is 0 Å². The topological polar surface area (TPSA) is 111 Å². The van der Waals surface area contributed by atoms with Crippen LogP contribution in [0.3, 0.4) is 0 Å². The van der Waals surface area contributed by atoms with E-state index in [2.05, 4.69) is 10.0 Å². The van der Waals surface area contributed by atoms with Gasteiger partial charge in [-0.25, -0.2) is 17.9 Å². The number of carbonyl (C=O) groups excluding carboxylic acids is 2. The van der Waals surface area contributed by atoms with Gasteiger partial charge in [-0.3, -0.25) is 4.79 Å². The lowest BCUT2D eigenvalue weighted by atomic mass is 10.1. The highest BCUT2D eigenvalue weighted by molar-refractivity contribution is 7.89. The molecule has 1 aromatic rings. The normalized spacial score (nSPS) is 17.5. The number of carbonyl (C=O) groups is 2. The van der Waals surface area contributed by atoms with Crippen molar-refractivity contribution in [3.05, 3.63) is 29.8 Å². The summed E-state index contributed by atoms with van der Waals surface area (Å²) >= 11 is 0. The Labute approximate surface area is 159 Å². The molecule has 2 N–H and O–H groups in total. The number of rotatable bonds is 7. The summed E-state index contributed by atoms with van der Waals surface area (Å²) in [6, 6.07) is 5.50. The van der Waals surface area contributed by atoms with Crippen LogP contribution in [-0.2, 0) is 24.3 Å². The van der Waals surface area contributed by atoms with Crippen LogP contribution in [-0.4, -0.2) is 51.7 Å². The lowest BCUT2D eigenvalue weighted by molar-refractivity contribution is -0.125. The van der Waals surface area contributed by atoms with Crippen LogP contribution in [0.4, 0.5) is 0 Å². The Morgan fingerprint density at radius 2 is 2.04 bits per heavy atom. The van der Waals surface area contributed by atoms with Crippen molar-refractivity contribution >= 4 is 21.9 Å². The maximum Gasteiger partial charge on any atom is 0.338 e. The van der Waals surface area contributed by atoms with Gasteiger partial charge in [0.05, 0.1) is 16.6 Å². The summed E-state index contributed by atoms with van der Waals surface area (Å²) in [6.07, 6.45) is 1.59. The number of sulfonamides is 1. The van der Waals surface area contributed by atoms with Gasteiger partial charge >= 0.3 is 5.97 Å². The van der Waals surface area contributed by atoms with Gasteiger partial charge in [-0.15, -0.1) is 0 Å². The molecule has 1 fully saturated rings. The quantitative estimate of drug-likeness (QED) is 0.668. The maximum atomic E-state index is 12.4. The second kappa shape index (κ2) is 8.81. The van der Waals surface area contributed by atoms with Crippen molar-refractivity contribution in [2.24, 2.45) is 0 Å². The summed E-state index contributed by atoms with van der Waals surface area (Å²) in [4.78, 5) is 23.8. The van der Waals surface area contributed by atoms with Crippen LogP contribution >= 0.6 is 0 Å². The number of ether oxygens (including phenoxy) is 2. The molecule has 8 nitrogen and oxygen atoms in total. The Bertz CT molecular complexity index is 779. The third kappa shape index (κ3) is 6.93. The van der Waals surface area contributed by atoms with Crippen molar-refractivity contribution in [1.29, 1.82) is 0 Å². The Balaban J connectivity index is 1.96. The van der Waals surface area contributed by atoms with E-state index in [9.17, 15) is 18.0 Å².